The second kappa shape index (κ2) is 6.38. The number of hydrogen-bond donors (Lipinski definition) is 3. The van der Waals surface area contributed by atoms with Gasteiger partial charge in [-0.05, 0) is 48.0 Å². The molecule has 0 fully saturated rings. The fourth-order valence-electron chi connectivity index (χ4n) is 1.50. The van der Waals surface area contributed by atoms with Gasteiger partial charge in [-0.15, -0.1) is 0 Å². The molecule has 0 saturated carbocycles. The Morgan fingerprint density at radius 1 is 1.05 bits per heavy atom. The molecule has 0 radical (unpaired) electrons. The van der Waals surface area contributed by atoms with Gasteiger partial charge in [-0.3, -0.25) is 0 Å². The van der Waals surface area contributed by atoms with Crippen LogP contribution in [0.1, 0.15) is 5.56 Å². The molecule has 102 valence electrons. The Bertz CT molecular complexity index is 607. The van der Waals surface area contributed by atoms with Crippen LogP contribution in [0.15, 0.2) is 54.7 Å². The molecule has 20 heavy (non-hydrogen) atoms. The lowest BCUT2D eigenvalue weighted by atomic mass is 10.2. The largest absolute Gasteiger partial charge is 0.508 e. The van der Waals surface area contributed by atoms with Gasteiger partial charge in [0.05, 0.1) is 0 Å². The van der Waals surface area contributed by atoms with E-state index >= 15 is 0 Å². The van der Waals surface area contributed by atoms with Gasteiger partial charge in [-0.2, -0.15) is 0 Å². The third-order valence-electron chi connectivity index (χ3n) is 2.49. The lowest BCUT2D eigenvalue weighted by Gasteiger charge is -2.04. The molecule has 2 rings (SSSR count). The zero-order chi connectivity index (χ0) is 14.4. The number of anilines is 1. The van der Waals surface area contributed by atoms with E-state index in [-0.39, 0.29) is 11.6 Å². The average Bonchev–Trinajstić information content (AvgIpc) is 2.44. The van der Waals surface area contributed by atoms with Crippen LogP contribution in [0.25, 0.3) is 6.08 Å². The molecular weight excluding hydrogens is 259 g/mol. The van der Waals surface area contributed by atoms with E-state index in [4.69, 9.17) is 5.11 Å². The van der Waals surface area contributed by atoms with Crippen molar-refractivity contribution in [1.82, 2.24) is 5.32 Å². The molecule has 3 N–H and O–H groups in total. The summed E-state index contributed by atoms with van der Waals surface area (Å²) in [5, 5.41) is 14.2. The lowest BCUT2D eigenvalue weighted by Crippen LogP contribution is -2.23. The molecule has 0 atom stereocenters. The van der Waals surface area contributed by atoms with Gasteiger partial charge in [0.2, 0.25) is 0 Å². The number of halogens is 1. The molecule has 0 aliphatic carbocycles. The normalized spacial score (nSPS) is 10.4. The molecule has 0 heterocycles. The molecule has 2 aromatic rings. The van der Waals surface area contributed by atoms with Crippen LogP contribution in [0.2, 0.25) is 0 Å². The van der Waals surface area contributed by atoms with E-state index < -0.39 is 6.03 Å². The van der Waals surface area contributed by atoms with Gasteiger partial charge < -0.3 is 15.7 Å². The Morgan fingerprint density at radius 2 is 1.70 bits per heavy atom. The number of aromatic hydroxyl groups is 1. The predicted molar refractivity (Wildman–Crippen MR) is 75.7 cm³/mol. The van der Waals surface area contributed by atoms with E-state index in [9.17, 15) is 9.18 Å². The monoisotopic (exact) mass is 272 g/mol. The van der Waals surface area contributed by atoms with Crippen molar-refractivity contribution >= 4 is 17.8 Å². The first-order valence-electron chi connectivity index (χ1n) is 5.92. The van der Waals surface area contributed by atoms with Crippen molar-refractivity contribution in [2.24, 2.45) is 0 Å². The highest BCUT2D eigenvalue weighted by Gasteiger charge is 1.98. The second-order valence-electron chi connectivity index (χ2n) is 4.03. The second-order valence-corrected chi connectivity index (χ2v) is 4.03. The summed E-state index contributed by atoms with van der Waals surface area (Å²) in [7, 11) is 0. The van der Waals surface area contributed by atoms with E-state index in [1.54, 1.807) is 30.3 Å². The molecule has 0 saturated heterocycles. The molecule has 0 spiro atoms. The minimum absolute atomic E-state index is 0.132. The standard InChI is InChI=1S/C15H13FN2O2/c16-12-3-1-11(2-4-12)9-10-17-15(20)18-13-5-7-14(19)8-6-13/h1-10,19H,(H2,17,18,20)/b10-9+. The highest BCUT2D eigenvalue weighted by atomic mass is 19.1. The summed E-state index contributed by atoms with van der Waals surface area (Å²) < 4.78 is 12.7. The highest BCUT2D eigenvalue weighted by Crippen LogP contribution is 2.13. The smallest absolute Gasteiger partial charge is 0.323 e. The van der Waals surface area contributed by atoms with Crippen molar-refractivity contribution in [3.63, 3.8) is 0 Å². The first kappa shape index (κ1) is 13.6. The highest BCUT2D eigenvalue weighted by molar-refractivity contribution is 5.90. The summed E-state index contributed by atoms with van der Waals surface area (Å²) >= 11 is 0. The molecule has 5 heteroatoms. The van der Waals surface area contributed by atoms with Gasteiger partial charge in [-0.1, -0.05) is 12.1 Å². The lowest BCUT2D eigenvalue weighted by molar-refractivity contribution is 0.255. The Labute approximate surface area is 115 Å². The maximum atomic E-state index is 12.7. The summed E-state index contributed by atoms with van der Waals surface area (Å²) in [6.07, 6.45) is 3.11. The van der Waals surface area contributed by atoms with E-state index in [0.717, 1.165) is 5.56 Å². The number of carbonyl (C=O) groups is 1. The van der Waals surface area contributed by atoms with Crippen LogP contribution in [-0.4, -0.2) is 11.1 Å². The number of urea groups is 1. The van der Waals surface area contributed by atoms with E-state index in [0.29, 0.717) is 5.69 Å². The van der Waals surface area contributed by atoms with Gasteiger partial charge >= 0.3 is 6.03 Å². The Kier molecular flexibility index (Phi) is 4.34. The molecule has 0 aromatic heterocycles. The van der Waals surface area contributed by atoms with Crippen molar-refractivity contribution in [2.45, 2.75) is 0 Å². The number of amides is 2. The van der Waals surface area contributed by atoms with Gasteiger partial charge in [0.15, 0.2) is 0 Å². The fourth-order valence-corrected chi connectivity index (χ4v) is 1.50. The maximum Gasteiger partial charge on any atom is 0.323 e. The van der Waals surface area contributed by atoms with Crippen molar-refractivity contribution in [3.8, 4) is 5.75 Å². The van der Waals surface area contributed by atoms with Crippen LogP contribution in [0.3, 0.4) is 0 Å². The average molecular weight is 272 g/mol. The number of nitrogens with one attached hydrogen (secondary N) is 2. The molecule has 0 unspecified atom stereocenters. The van der Waals surface area contributed by atoms with Crippen LogP contribution in [0.4, 0.5) is 14.9 Å². The first-order valence-corrected chi connectivity index (χ1v) is 5.92. The van der Waals surface area contributed by atoms with Crippen LogP contribution in [-0.2, 0) is 0 Å². The number of phenolic OH excluding ortho intramolecular Hbond substituents is 1. The first-order chi connectivity index (χ1) is 9.63. The summed E-state index contributed by atoms with van der Waals surface area (Å²) in [5.41, 5.74) is 1.34. The van der Waals surface area contributed by atoms with Gasteiger partial charge in [0.1, 0.15) is 11.6 Å². The number of carbonyl (C=O) groups excluding carboxylic acids is 1. The minimum Gasteiger partial charge on any atom is -0.508 e. The van der Waals surface area contributed by atoms with Gasteiger partial charge in [0, 0.05) is 11.9 Å². The SMILES string of the molecule is O=C(N/C=C/c1ccc(F)cc1)Nc1ccc(O)cc1. The predicted octanol–water partition coefficient (Wildman–Crippen LogP) is 3.32. The number of benzene rings is 2. The summed E-state index contributed by atoms with van der Waals surface area (Å²) in [5.74, 6) is -0.174. The summed E-state index contributed by atoms with van der Waals surface area (Å²) in [4.78, 5) is 11.5. The molecule has 0 bridgehead atoms. The van der Waals surface area contributed by atoms with Crippen LogP contribution in [0, 0.1) is 5.82 Å². The molecule has 4 nitrogen and oxygen atoms in total. The zero-order valence-corrected chi connectivity index (χ0v) is 10.5. The third-order valence-corrected chi connectivity index (χ3v) is 2.49. The van der Waals surface area contributed by atoms with Crippen molar-refractivity contribution < 1.29 is 14.3 Å². The van der Waals surface area contributed by atoms with E-state index in [2.05, 4.69) is 10.6 Å². The van der Waals surface area contributed by atoms with Crippen molar-refractivity contribution in [3.05, 3.63) is 66.1 Å². The molecule has 2 amide bonds. The topological polar surface area (TPSA) is 61.4 Å². The summed E-state index contributed by atoms with van der Waals surface area (Å²) in [6.45, 7) is 0. The fraction of sp³-hybridized carbons (Fsp3) is 0. The Hall–Kier alpha value is -2.82. The van der Waals surface area contributed by atoms with Crippen molar-refractivity contribution in [2.75, 3.05) is 5.32 Å². The number of hydrogen-bond acceptors (Lipinski definition) is 2. The van der Waals surface area contributed by atoms with Gasteiger partial charge in [-0.25, -0.2) is 9.18 Å². The number of phenols is 1. The van der Waals surface area contributed by atoms with Crippen LogP contribution >= 0.6 is 0 Å². The molecule has 0 aliphatic heterocycles. The van der Waals surface area contributed by atoms with Crippen molar-refractivity contribution in [1.29, 1.82) is 0 Å². The third kappa shape index (κ3) is 4.13. The van der Waals surface area contributed by atoms with Gasteiger partial charge in [0.25, 0.3) is 0 Å². The number of rotatable bonds is 3. The minimum atomic E-state index is -0.408. The van der Waals surface area contributed by atoms with Crippen LogP contribution in [0.5, 0.6) is 5.75 Å². The Morgan fingerprint density at radius 3 is 2.35 bits per heavy atom. The van der Waals surface area contributed by atoms with E-state index in [1.807, 2.05) is 0 Å². The molecule has 2 aromatic carbocycles. The Balaban J connectivity index is 1.85. The molecule has 0 aliphatic rings. The summed E-state index contributed by atoms with van der Waals surface area (Å²) in [6, 6.07) is 11.6. The van der Waals surface area contributed by atoms with Crippen LogP contribution < -0.4 is 10.6 Å². The maximum absolute atomic E-state index is 12.7. The molecular formula is C15H13FN2O2. The quantitative estimate of drug-likeness (QED) is 0.750. The zero-order valence-electron chi connectivity index (χ0n) is 10.5. The van der Waals surface area contributed by atoms with E-state index in [1.165, 1.54) is 30.5 Å².